The van der Waals surface area contributed by atoms with Crippen LogP contribution in [0.1, 0.15) is 67.2 Å². The molecular weight excluding hydrogens is 478 g/mol. The number of rotatable bonds is 11. The van der Waals surface area contributed by atoms with Crippen molar-refractivity contribution in [2.24, 2.45) is 0 Å². The van der Waals surface area contributed by atoms with Gasteiger partial charge in [0.15, 0.2) is 0 Å². The molecule has 1 aromatic carbocycles. The molecule has 0 aliphatic carbocycles. The molecule has 2 atom stereocenters. The van der Waals surface area contributed by atoms with E-state index in [9.17, 15) is 19.5 Å². The van der Waals surface area contributed by atoms with Gasteiger partial charge >= 0.3 is 0 Å². The number of hydrogen-bond acceptors (Lipinski definition) is 7. The number of nitrogens with zero attached hydrogens (tertiary/aromatic N) is 1. The van der Waals surface area contributed by atoms with Crippen molar-refractivity contribution in [2.75, 3.05) is 37.7 Å². The van der Waals surface area contributed by atoms with Crippen LogP contribution in [-0.2, 0) is 9.59 Å². The van der Waals surface area contributed by atoms with Crippen LogP contribution in [0.2, 0.25) is 0 Å². The fourth-order valence-electron chi connectivity index (χ4n) is 3.19. The predicted molar refractivity (Wildman–Crippen MR) is 149 cm³/mol. The summed E-state index contributed by atoms with van der Waals surface area (Å²) in [6.45, 7) is 20.4. The zero-order valence-corrected chi connectivity index (χ0v) is 24.0. The van der Waals surface area contributed by atoms with Crippen LogP contribution in [0, 0.1) is 27.7 Å². The maximum absolute atomic E-state index is 12.6. The number of hydrogen-bond donors (Lipinski definition) is 6. The first-order valence-electron chi connectivity index (χ1n) is 12.5. The van der Waals surface area contributed by atoms with E-state index in [2.05, 4.69) is 17.2 Å². The number of anilines is 1. The van der Waals surface area contributed by atoms with Crippen LogP contribution in [0.25, 0.3) is 0 Å². The van der Waals surface area contributed by atoms with Crippen molar-refractivity contribution in [2.45, 2.75) is 74.5 Å². The van der Waals surface area contributed by atoms with Gasteiger partial charge in [-0.2, -0.15) is 0 Å². The molecule has 0 saturated carbocycles. The predicted octanol–water partition coefficient (Wildman–Crippen LogP) is 1.68. The van der Waals surface area contributed by atoms with Crippen LogP contribution in [0.4, 0.5) is 5.69 Å². The molecule has 0 fully saturated rings. The Morgan fingerprint density at radius 1 is 0.892 bits per heavy atom. The van der Waals surface area contributed by atoms with Gasteiger partial charge in [-0.3, -0.25) is 14.4 Å². The maximum Gasteiger partial charge on any atom is 0.251 e. The molecule has 6 N–H and O–H groups in total. The first kappa shape index (κ1) is 38.7. The summed E-state index contributed by atoms with van der Waals surface area (Å²) in [6.07, 6.45) is 0.274. The number of benzene rings is 1. The van der Waals surface area contributed by atoms with Crippen LogP contribution < -0.4 is 15.5 Å². The molecule has 37 heavy (non-hydrogen) atoms. The Morgan fingerprint density at radius 2 is 1.38 bits per heavy atom. The number of amides is 3. The summed E-state index contributed by atoms with van der Waals surface area (Å²) in [7, 11) is 0. The lowest BCUT2D eigenvalue weighted by atomic mass is 9.90. The summed E-state index contributed by atoms with van der Waals surface area (Å²) < 4.78 is 0. The number of nitrogens with one attached hydrogen (secondary N) is 2. The lowest BCUT2D eigenvalue weighted by molar-refractivity contribution is -0.116. The van der Waals surface area contributed by atoms with E-state index in [-0.39, 0.29) is 31.5 Å². The highest BCUT2D eigenvalue weighted by Crippen LogP contribution is 2.33. The minimum atomic E-state index is -1.01. The summed E-state index contributed by atoms with van der Waals surface area (Å²) in [5.74, 6) is -0.467. The van der Waals surface area contributed by atoms with E-state index in [0.717, 1.165) is 16.7 Å². The Balaban J connectivity index is -0.000000810. The zero-order valence-electron chi connectivity index (χ0n) is 24.0. The van der Waals surface area contributed by atoms with Gasteiger partial charge in [0.1, 0.15) is 0 Å². The third-order valence-electron chi connectivity index (χ3n) is 5.13. The van der Waals surface area contributed by atoms with Crippen LogP contribution in [0.5, 0.6) is 0 Å². The topological polar surface area (TPSA) is 159 Å². The fraction of sp³-hybridized carbons (Fsp3) is 0.593. The standard InChI is InChI=1S/C19H28N2O4.C4H9NO3.2C2H6/c1-7-8-21(15(6)23)18-13(4)11(2)12(3)17(14(18)5)19(25)20-9-16(24)10-22;6-2-4(8)1-5-3-7;2*1-2/h7,16,22,24H,1,8-10H2,2-6H3,(H,20,25);3-4,6,8H,1-2H2,(H,5,7);2*1-2H3. The van der Waals surface area contributed by atoms with Gasteiger partial charge in [-0.15, -0.1) is 6.58 Å². The van der Waals surface area contributed by atoms with Gasteiger partial charge < -0.3 is 36.0 Å². The average molecular weight is 528 g/mol. The fourth-order valence-corrected chi connectivity index (χ4v) is 3.19. The largest absolute Gasteiger partial charge is 0.394 e. The molecule has 2 unspecified atom stereocenters. The van der Waals surface area contributed by atoms with E-state index in [1.807, 2.05) is 55.4 Å². The molecule has 0 aliphatic heterocycles. The maximum atomic E-state index is 12.6. The summed E-state index contributed by atoms with van der Waals surface area (Å²) in [6, 6.07) is 0. The van der Waals surface area contributed by atoms with E-state index >= 15 is 0 Å². The first-order valence-corrected chi connectivity index (χ1v) is 12.5. The molecule has 10 nitrogen and oxygen atoms in total. The highest BCUT2D eigenvalue weighted by atomic mass is 16.3. The second kappa shape index (κ2) is 22.4. The van der Waals surface area contributed by atoms with E-state index in [0.29, 0.717) is 29.8 Å². The zero-order chi connectivity index (χ0) is 29.7. The summed E-state index contributed by atoms with van der Waals surface area (Å²) in [5, 5.41) is 39.9. The number of carbonyl (C=O) groups is 3. The monoisotopic (exact) mass is 527 g/mol. The lowest BCUT2D eigenvalue weighted by Crippen LogP contribution is -2.36. The molecule has 0 spiro atoms. The van der Waals surface area contributed by atoms with Crippen molar-refractivity contribution in [3.05, 3.63) is 40.5 Å². The molecule has 0 bridgehead atoms. The second-order valence-electron chi connectivity index (χ2n) is 7.55. The molecule has 0 aromatic heterocycles. The molecule has 1 rings (SSSR count). The highest BCUT2D eigenvalue weighted by Gasteiger charge is 2.24. The highest BCUT2D eigenvalue weighted by molar-refractivity contribution is 6.02. The molecule has 214 valence electrons. The quantitative estimate of drug-likeness (QED) is 0.189. The summed E-state index contributed by atoms with van der Waals surface area (Å²) >= 11 is 0. The second-order valence-corrected chi connectivity index (χ2v) is 7.55. The van der Waals surface area contributed by atoms with Crippen LogP contribution in [0.15, 0.2) is 12.7 Å². The van der Waals surface area contributed by atoms with Gasteiger partial charge in [0, 0.05) is 32.1 Å². The minimum Gasteiger partial charge on any atom is -0.394 e. The Labute approximate surface area is 222 Å². The number of aliphatic hydroxyl groups excluding tert-OH is 4. The third-order valence-corrected chi connectivity index (χ3v) is 5.13. The van der Waals surface area contributed by atoms with Gasteiger partial charge in [0.25, 0.3) is 5.91 Å². The molecule has 0 radical (unpaired) electrons. The van der Waals surface area contributed by atoms with E-state index in [1.54, 1.807) is 11.0 Å². The molecular formula is C27H49N3O7. The van der Waals surface area contributed by atoms with Crippen molar-refractivity contribution in [3.8, 4) is 0 Å². The van der Waals surface area contributed by atoms with Crippen molar-refractivity contribution < 1.29 is 34.8 Å². The Bertz CT molecular complexity index is 829. The van der Waals surface area contributed by atoms with Crippen molar-refractivity contribution in [1.29, 1.82) is 0 Å². The molecule has 0 heterocycles. The van der Waals surface area contributed by atoms with E-state index < -0.39 is 18.8 Å². The number of aliphatic hydroxyl groups is 4. The van der Waals surface area contributed by atoms with Gasteiger partial charge in [-0.25, -0.2) is 0 Å². The van der Waals surface area contributed by atoms with Crippen LogP contribution in [-0.4, -0.2) is 83.7 Å². The molecule has 1 aromatic rings. The summed E-state index contributed by atoms with van der Waals surface area (Å²) in [4.78, 5) is 35.9. The summed E-state index contributed by atoms with van der Waals surface area (Å²) in [5.41, 5.74) is 4.61. The Hall–Kier alpha value is -2.79. The van der Waals surface area contributed by atoms with Gasteiger partial charge in [-0.1, -0.05) is 33.8 Å². The van der Waals surface area contributed by atoms with Gasteiger partial charge in [-0.05, 0) is 49.9 Å². The number of carbonyl (C=O) groups excluding carboxylic acids is 3. The first-order chi connectivity index (χ1) is 17.5. The average Bonchev–Trinajstić information content (AvgIpc) is 2.91. The molecule has 3 amide bonds. The minimum absolute atomic E-state index is 0.0421. The van der Waals surface area contributed by atoms with Crippen molar-refractivity contribution in [1.82, 2.24) is 10.6 Å². The Kier molecular flexibility index (Phi) is 23.5. The van der Waals surface area contributed by atoms with Crippen molar-refractivity contribution in [3.63, 3.8) is 0 Å². The normalized spacial score (nSPS) is 11.1. The van der Waals surface area contributed by atoms with Crippen LogP contribution >= 0.6 is 0 Å². The SMILES string of the molecule is C=CCN(C(C)=O)c1c(C)c(C)c(C)c(C(=O)NCC(O)CO)c1C.CC.CC.O=CNCC(O)CO. The van der Waals surface area contributed by atoms with Crippen LogP contribution in [0.3, 0.4) is 0 Å². The Morgan fingerprint density at radius 3 is 1.78 bits per heavy atom. The molecule has 0 saturated heterocycles. The van der Waals surface area contributed by atoms with Gasteiger partial charge in [0.2, 0.25) is 12.3 Å². The van der Waals surface area contributed by atoms with Crippen molar-refractivity contribution >= 4 is 23.9 Å². The molecule has 10 heteroatoms. The molecule has 0 aliphatic rings. The lowest BCUT2D eigenvalue weighted by Gasteiger charge is -2.28. The smallest absolute Gasteiger partial charge is 0.251 e. The van der Waals surface area contributed by atoms with E-state index in [4.69, 9.17) is 15.3 Å². The third kappa shape index (κ3) is 13.4. The van der Waals surface area contributed by atoms with Gasteiger partial charge in [0.05, 0.1) is 31.1 Å². The van der Waals surface area contributed by atoms with E-state index in [1.165, 1.54) is 6.92 Å².